The maximum atomic E-state index is 13.2. The fraction of sp³-hybridized carbons (Fsp3) is 0.500. The van der Waals surface area contributed by atoms with Gasteiger partial charge in [-0.2, -0.15) is 0 Å². The van der Waals surface area contributed by atoms with Crippen LogP contribution in [0.1, 0.15) is 24.8 Å². The molecule has 0 radical (unpaired) electrons. The first-order valence-electron chi connectivity index (χ1n) is 7.30. The first-order valence-corrected chi connectivity index (χ1v) is 9.27. The second-order valence-electron chi connectivity index (χ2n) is 5.31. The number of rotatable bonds is 3. The summed E-state index contributed by atoms with van der Waals surface area (Å²) in [7, 11) is 0. The van der Waals surface area contributed by atoms with Gasteiger partial charge in [0.25, 0.3) is 0 Å². The number of hydrogen-bond donors (Lipinski definition) is 0. The van der Waals surface area contributed by atoms with Crippen molar-refractivity contribution < 1.29 is 4.39 Å². The lowest BCUT2D eigenvalue weighted by Crippen LogP contribution is -2.22. The van der Waals surface area contributed by atoms with Crippen LogP contribution in [0.15, 0.2) is 28.5 Å². The van der Waals surface area contributed by atoms with E-state index in [0.29, 0.717) is 0 Å². The van der Waals surface area contributed by atoms with E-state index in [1.807, 2.05) is 35.7 Å². The minimum Gasteiger partial charge on any atom is -0.299 e. The summed E-state index contributed by atoms with van der Waals surface area (Å²) in [6, 6.07) is 7.03. The van der Waals surface area contributed by atoms with Crippen molar-refractivity contribution in [3.05, 3.63) is 39.9 Å². The minimum atomic E-state index is -0.150. The van der Waals surface area contributed by atoms with Crippen LogP contribution in [-0.2, 0) is 0 Å². The summed E-state index contributed by atoms with van der Waals surface area (Å²) in [4.78, 5) is 2.53. The normalized spacial score (nSPS) is 20.4. The average Bonchev–Trinajstić information content (AvgIpc) is 3.00. The van der Waals surface area contributed by atoms with Crippen molar-refractivity contribution >= 4 is 29.1 Å². The van der Waals surface area contributed by atoms with Crippen LogP contribution in [0, 0.1) is 5.82 Å². The Morgan fingerprint density at radius 3 is 2.30 bits per heavy atom. The van der Waals surface area contributed by atoms with Crippen molar-refractivity contribution in [2.24, 2.45) is 0 Å². The molecule has 1 aromatic rings. The maximum Gasteiger partial charge on any atom is 0.123 e. The molecule has 0 aromatic heterocycles. The van der Waals surface area contributed by atoms with E-state index < -0.39 is 0 Å². The van der Waals surface area contributed by atoms with Gasteiger partial charge in [-0.3, -0.25) is 4.90 Å². The fourth-order valence-electron chi connectivity index (χ4n) is 2.69. The van der Waals surface area contributed by atoms with Gasteiger partial charge in [0.05, 0.1) is 0 Å². The minimum absolute atomic E-state index is 0.150. The fourth-order valence-corrected chi connectivity index (χ4v) is 5.37. The molecular weight excluding hydrogens is 289 g/mol. The summed E-state index contributed by atoms with van der Waals surface area (Å²) < 4.78 is 14.6. The monoisotopic (exact) mass is 309 g/mol. The molecule has 2 aliphatic heterocycles. The maximum absolute atomic E-state index is 13.2. The first kappa shape index (κ1) is 14.5. The lowest BCUT2D eigenvalue weighted by molar-refractivity contribution is 0.383. The van der Waals surface area contributed by atoms with E-state index in [1.54, 1.807) is 12.1 Å². The van der Waals surface area contributed by atoms with Gasteiger partial charge in [-0.25, -0.2) is 4.39 Å². The molecule has 4 heteroatoms. The molecule has 0 spiro atoms. The molecule has 2 aliphatic rings. The molecular formula is C16H20FNS2. The van der Waals surface area contributed by atoms with Gasteiger partial charge in [0.1, 0.15) is 5.82 Å². The lowest BCUT2D eigenvalue weighted by Gasteiger charge is -2.23. The van der Waals surface area contributed by atoms with E-state index in [0.717, 1.165) is 6.54 Å². The van der Waals surface area contributed by atoms with Crippen molar-refractivity contribution in [1.29, 1.82) is 0 Å². The van der Waals surface area contributed by atoms with Gasteiger partial charge in [-0.15, -0.1) is 23.5 Å². The summed E-state index contributed by atoms with van der Waals surface area (Å²) in [6.45, 7) is 3.42. The number of hydrogen-bond acceptors (Lipinski definition) is 3. The summed E-state index contributed by atoms with van der Waals surface area (Å²) >= 11 is 3.95. The Balaban J connectivity index is 1.87. The number of nitrogens with zero attached hydrogens (tertiary/aromatic N) is 1. The van der Waals surface area contributed by atoms with Crippen LogP contribution < -0.4 is 0 Å². The van der Waals surface area contributed by atoms with Crippen LogP contribution in [0.4, 0.5) is 4.39 Å². The van der Waals surface area contributed by atoms with E-state index in [1.165, 1.54) is 59.2 Å². The van der Waals surface area contributed by atoms with Gasteiger partial charge in [-0.1, -0.05) is 12.1 Å². The van der Waals surface area contributed by atoms with Gasteiger partial charge in [0.15, 0.2) is 0 Å². The molecule has 0 saturated carbocycles. The van der Waals surface area contributed by atoms with E-state index in [9.17, 15) is 4.39 Å². The molecule has 0 N–H and O–H groups in total. The van der Waals surface area contributed by atoms with Crippen LogP contribution >= 0.6 is 23.5 Å². The molecule has 2 fully saturated rings. The number of benzene rings is 1. The highest BCUT2D eigenvalue weighted by atomic mass is 32.2. The molecule has 1 nitrogen and oxygen atoms in total. The van der Waals surface area contributed by atoms with Gasteiger partial charge in [-0.05, 0) is 67.1 Å². The third-order valence-electron chi connectivity index (χ3n) is 3.77. The van der Waals surface area contributed by atoms with Gasteiger partial charge >= 0.3 is 0 Å². The van der Waals surface area contributed by atoms with Crippen molar-refractivity contribution in [1.82, 2.24) is 4.90 Å². The third-order valence-corrected chi connectivity index (χ3v) is 6.48. The lowest BCUT2D eigenvalue weighted by atomic mass is 10.1. The SMILES string of the molecule is Fc1ccc(C(CN2CCCC2)=C2SCCCS2)cc1. The van der Waals surface area contributed by atoms with Crippen LogP contribution in [0.2, 0.25) is 0 Å². The molecule has 108 valence electrons. The number of halogens is 1. The molecule has 0 atom stereocenters. The van der Waals surface area contributed by atoms with Crippen molar-refractivity contribution in [2.45, 2.75) is 19.3 Å². The molecule has 0 unspecified atom stereocenters. The zero-order valence-electron chi connectivity index (χ0n) is 11.6. The highest BCUT2D eigenvalue weighted by Gasteiger charge is 2.19. The Labute approximate surface area is 129 Å². The highest BCUT2D eigenvalue weighted by Crippen LogP contribution is 2.40. The summed E-state index contributed by atoms with van der Waals surface area (Å²) in [5.74, 6) is 2.28. The third kappa shape index (κ3) is 3.60. The molecule has 2 heterocycles. The Morgan fingerprint density at radius 2 is 1.65 bits per heavy atom. The van der Waals surface area contributed by atoms with E-state index in [4.69, 9.17) is 0 Å². The molecule has 1 aromatic carbocycles. The molecule has 0 amide bonds. The quantitative estimate of drug-likeness (QED) is 0.811. The molecule has 0 aliphatic carbocycles. The zero-order valence-corrected chi connectivity index (χ0v) is 13.2. The topological polar surface area (TPSA) is 3.24 Å². The number of likely N-dealkylation sites (tertiary alicyclic amines) is 1. The highest BCUT2D eigenvalue weighted by molar-refractivity contribution is 8.23. The molecule has 2 saturated heterocycles. The summed E-state index contributed by atoms with van der Waals surface area (Å²) in [6.07, 6.45) is 3.91. The van der Waals surface area contributed by atoms with Gasteiger partial charge < -0.3 is 0 Å². The second kappa shape index (κ2) is 7.01. The second-order valence-corrected chi connectivity index (χ2v) is 7.78. The van der Waals surface area contributed by atoms with Crippen molar-refractivity contribution in [3.8, 4) is 0 Å². The van der Waals surface area contributed by atoms with Gasteiger partial charge in [0.2, 0.25) is 0 Å². The average molecular weight is 309 g/mol. The Bertz CT molecular complexity index is 470. The molecule has 0 bridgehead atoms. The largest absolute Gasteiger partial charge is 0.299 e. The number of thioether (sulfide) groups is 2. The van der Waals surface area contributed by atoms with Crippen LogP contribution in [0.25, 0.3) is 5.57 Å². The predicted molar refractivity (Wildman–Crippen MR) is 88.5 cm³/mol. The molecule has 20 heavy (non-hydrogen) atoms. The van der Waals surface area contributed by atoms with E-state index in [-0.39, 0.29) is 5.82 Å². The zero-order chi connectivity index (χ0) is 13.8. The van der Waals surface area contributed by atoms with Crippen LogP contribution in [0.5, 0.6) is 0 Å². The van der Waals surface area contributed by atoms with Crippen molar-refractivity contribution in [2.75, 3.05) is 31.1 Å². The van der Waals surface area contributed by atoms with Crippen molar-refractivity contribution in [3.63, 3.8) is 0 Å². The van der Waals surface area contributed by atoms with E-state index in [2.05, 4.69) is 4.90 Å². The van der Waals surface area contributed by atoms with Gasteiger partial charge in [0, 0.05) is 10.8 Å². The Hall–Kier alpha value is -0.450. The Kier molecular flexibility index (Phi) is 5.08. The summed E-state index contributed by atoms with van der Waals surface area (Å²) in [5.41, 5.74) is 2.59. The summed E-state index contributed by atoms with van der Waals surface area (Å²) in [5, 5.41) is 0. The van der Waals surface area contributed by atoms with Crippen LogP contribution in [-0.4, -0.2) is 36.0 Å². The standard InChI is InChI=1S/C16H20FNS2/c17-14-6-4-13(5-7-14)15(12-18-8-1-2-9-18)16-19-10-3-11-20-16/h4-7H,1-3,8-12H2. The Morgan fingerprint density at radius 1 is 1.00 bits per heavy atom. The molecule has 3 rings (SSSR count). The van der Waals surface area contributed by atoms with E-state index >= 15 is 0 Å². The first-order chi connectivity index (χ1) is 9.83. The predicted octanol–water partition coefficient (Wildman–Crippen LogP) is 4.46. The van der Waals surface area contributed by atoms with Crippen LogP contribution in [0.3, 0.4) is 0 Å². The smallest absolute Gasteiger partial charge is 0.123 e.